The van der Waals surface area contributed by atoms with Crippen molar-refractivity contribution in [2.24, 2.45) is 0 Å². The molecule has 2 aromatic rings. The van der Waals surface area contributed by atoms with Gasteiger partial charge in [0.1, 0.15) is 22.3 Å². The maximum absolute atomic E-state index is 13.9. The van der Waals surface area contributed by atoms with Gasteiger partial charge in [-0.2, -0.15) is 4.31 Å². The summed E-state index contributed by atoms with van der Waals surface area (Å²) in [5, 5.41) is 0. The third-order valence-electron chi connectivity index (χ3n) is 4.77. The average molecular weight is 440 g/mol. The Morgan fingerprint density at radius 2 is 1.87 bits per heavy atom. The monoisotopic (exact) mass is 440 g/mol. The van der Waals surface area contributed by atoms with Crippen LogP contribution in [0.5, 0.6) is 5.75 Å². The second-order valence-corrected chi connectivity index (χ2v) is 8.69. The van der Waals surface area contributed by atoms with Crippen LogP contribution in [0.2, 0.25) is 0 Å². The second-order valence-electron chi connectivity index (χ2n) is 6.78. The quantitative estimate of drug-likeness (QED) is 0.689. The van der Waals surface area contributed by atoms with Gasteiger partial charge in [-0.05, 0) is 24.3 Å². The molecule has 162 valence electrons. The lowest BCUT2D eigenvalue weighted by Crippen LogP contribution is -2.40. The van der Waals surface area contributed by atoms with E-state index in [1.807, 2.05) is 0 Å². The summed E-state index contributed by atoms with van der Waals surface area (Å²) in [4.78, 5) is 13.9. The molecule has 1 amide bonds. The normalized spacial score (nSPS) is 15.1. The van der Waals surface area contributed by atoms with E-state index in [9.17, 15) is 22.0 Å². The number of hydrogen-bond acceptors (Lipinski definition) is 5. The van der Waals surface area contributed by atoms with Crippen LogP contribution in [0.25, 0.3) is 0 Å². The number of methoxy groups -OCH3 is 1. The molecule has 30 heavy (non-hydrogen) atoms. The topological polar surface area (TPSA) is 76.2 Å². The molecule has 1 saturated heterocycles. The van der Waals surface area contributed by atoms with Gasteiger partial charge in [-0.25, -0.2) is 17.2 Å². The summed E-state index contributed by atoms with van der Waals surface area (Å²) in [6.07, 6.45) is 0. The number of morpholine rings is 1. The summed E-state index contributed by atoms with van der Waals surface area (Å²) in [7, 11) is -1.11. The number of halogens is 2. The molecular formula is C20H22F2N2O5S. The minimum atomic E-state index is -3.90. The predicted molar refractivity (Wildman–Crippen MR) is 105 cm³/mol. The Kier molecular flexibility index (Phi) is 6.69. The fourth-order valence-electron chi connectivity index (χ4n) is 3.13. The molecule has 0 unspecified atom stereocenters. The lowest BCUT2D eigenvalue weighted by Gasteiger charge is -2.27. The van der Waals surface area contributed by atoms with E-state index in [1.165, 1.54) is 47.6 Å². The number of carbonyl (C=O) groups is 1. The van der Waals surface area contributed by atoms with E-state index in [-0.39, 0.29) is 54.6 Å². The third kappa shape index (κ3) is 4.61. The van der Waals surface area contributed by atoms with Crippen molar-refractivity contribution in [3.8, 4) is 5.75 Å². The molecule has 3 rings (SSSR count). The molecule has 1 aliphatic rings. The van der Waals surface area contributed by atoms with Crippen molar-refractivity contribution in [2.75, 3.05) is 40.5 Å². The smallest absolute Gasteiger partial charge is 0.253 e. The Bertz CT molecular complexity index is 1040. The van der Waals surface area contributed by atoms with Crippen molar-refractivity contribution in [3.63, 3.8) is 0 Å². The summed E-state index contributed by atoms with van der Waals surface area (Å²) >= 11 is 0. The highest BCUT2D eigenvalue weighted by molar-refractivity contribution is 7.89. The minimum absolute atomic E-state index is 0.104. The van der Waals surface area contributed by atoms with Crippen LogP contribution in [0.15, 0.2) is 41.3 Å². The van der Waals surface area contributed by atoms with E-state index in [2.05, 4.69) is 0 Å². The highest BCUT2D eigenvalue weighted by Gasteiger charge is 2.30. The molecule has 1 aliphatic heterocycles. The standard InChI is InChI=1S/C20H22F2N2O5S/c1-23(13-15-3-5-16(21)12-17(15)22)20(25)14-4-6-18(28-2)19(11-14)30(26,27)24-7-9-29-10-8-24/h3-6,11-12H,7-10,13H2,1-2H3. The van der Waals surface area contributed by atoms with E-state index in [0.717, 1.165) is 12.1 Å². The third-order valence-corrected chi connectivity index (χ3v) is 6.69. The van der Waals surface area contributed by atoms with Crippen LogP contribution in [-0.4, -0.2) is 64.0 Å². The molecule has 0 radical (unpaired) electrons. The van der Waals surface area contributed by atoms with E-state index in [0.29, 0.717) is 0 Å². The van der Waals surface area contributed by atoms with Crippen LogP contribution in [0, 0.1) is 11.6 Å². The molecule has 1 heterocycles. The van der Waals surface area contributed by atoms with E-state index in [1.54, 1.807) is 0 Å². The maximum Gasteiger partial charge on any atom is 0.253 e. The zero-order chi connectivity index (χ0) is 21.9. The number of hydrogen-bond donors (Lipinski definition) is 0. The van der Waals surface area contributed by atoms with Crippen molar-refractivity contribution in [3.05, 3.63) is 59.2 Å². The van der Waals surface area contributed by atoms with Gasteiger partial charge in [0.15, 0.2) is 0 Å². The highest BCUT2D eigenvalue weighted by Crippen LogP contribution is 2.29. The van der Waals surface area contributed by atoms with Gasteiger partial charge < -0.3 is 14.4 Å². The number of nitrogens with zero attached hydrogens (tertiary/aromatic N) is 2. The highest BCUT2D eigenvalue weighted by atomic mass is 32.2. The number of amides is 1. The van der Waals surface area contributed by atoms with Crippen molar-refractivity contribution >= 4 is 15.9 Å². The van der Waals surface area contributed by atoms with Gasteiger partial charge in [0.2, 0.25) is 10.0 Å². The number of sulfonamides is 1. The molecule has 7 nitrogen and oxygen atoms in total. The van der Waals surface area contributed by atoms with Crippen LogP contribution < -0.4 is 4.74 Å². The lowest BCUT2D eigenvalue weighted by atomic mass is 10.1. The molecule has 0 atom stereocenters. The first-order chi connectivity index (χ1) is 14.2. The number of benzene rings is 2. The molecule has 0 N–H and O–H groups in total. The second kappa shape index (κ2) is 9.07. The van der Waals surface area contributed by atoms with Gasteiger partial charge in [0.25, 0.3) is 5.91 Å². The molecule has 1 fully saturated rings. The lowest BCUT2D eigenvalue weighted by molar-refractivity contribution is 0.0729. The summed E-state index contributed by atoms with van der Waals surface area (Å²) in [6.45, 7) is 0.863. The van der Waals surface area contributed by atoms with Gasteiger partial charge >= 0.3 is 0 Å². The minimum Gasteiger partial charge on any atom is -0.495 e. The fraction of sp³-hybridized carbons (Fsp3) is 0.350. The van der Waals surface area contributed by atoms with Crippen LogP contribution in [0.3, 0.4) is 0 Å². The van der Waals surface area contributed by atoms with Crippen molar-refractivity contribution in [2.45, 2.75) is 11.4 Å². The largest absolute Gasteiger partial charge is 0.495 e. The van der Waals surface area contributed by atoms with E-state index < -0.39 is 27.6 Å². The first-order valence-electron chi connectivity index (χ1n) is 9.19. The Morgan fingerprint density at radius 1 is 1.17 bits per heavy atom. The zero-order valence-electron chi connectivity index (χ0n) is 16.6. The van der Waals surface area contributed by atoms with Gasteiger partial charge in [0.05, 0.1) is 20.3 Å². The summed E-state index contributed by atoms with van der Waals surface area (Å²) in [5.74, 6) is -1.87. The number of rotatable bonds is 6. The van der Waals surface area contributed by atoms with Crippen LogP contribution in [0.1, 0.15) is 15.9 Å². The van der Waals surface area contributed by atoms with E-state index in [4.69, 9.17) is 9.47 Å². The Hall–Kier alpha value is -2.56. The zero-order valence-corrected chi connectivity index (χ0v) is 17.4. The molecule has 2 aromatic carbocycles. The predicted octanol–water partition coefficient (Wildman–Crippen LogP) is 2.27. The van der Waals surface area contributed by atoms with Crippen LogP contribution in [-0.2, 0) is 21.3 Å². The molecule has 0 aromatic heterocycles. The summed E-state index contributed by atoms with van der Waals surface area (Å²) < 4.78 is 64.8. The van der Waals surface area contributed by atoms with Gasteiger partial charge in [0, 0.05) is 43.9 Å². The molecule has 0 aliphatic carbocycles. The molecular weight excluding hydrogens is 418 g/mol. The first-order valence-corrected chi connectivity index (χ1v) is 10.6. The fourth-order valence-corrected chi connectivity index (χ4v) is 4.72. The van der Waals surface area contributed by atoms with Crippen LogP contribution in [0.4, 0.5) is 8.78 Å². The molecule has 0 saturated carbocycles. The first kappa shape index (κ1) is 22.1. The Balaban J connectivity index is 1.88. The van der Waals surface area contributed by atoms with Gasteiger partial charge in [-0.15, -0.1) is 0 Å². The number of carbonyl (C=O) groups excluding carboxylic acids is 1. The van der Waals surface area contributed by atoms with Crippen LogP contribution >= 0.6 is 0 Å². The molecule has 10 heteroatoms. The Labute approximate surface area is 173 Å². The van der Waals surface area contributed by atoms with Crippen molar-refractivity contribution in [1.29, 1.82) is 0 Å². The number of ether oxygens (including phenoxy) is 2. The molecule has 0 spiro atoms. The van der Waals surface area contributed by atoms with Gasteiger partial charge in [-0.3, -0.25) is 4.79 Å². The molecule has 0 bridgehead atoms. The SMILES string of the molecule is COc1ccc(C(=O)N(C)Cc2ccc(F)cc2F)cc1S(=O)(=O)N1CCOCC1. The van der Waals surface area contributed by atoms with Crippen molar-refractivity contribution < 1.29 is 31.5 Å². The summed E-state index contributed by atoms with van der Waals surface area (Å²) in [6, 6.07) is 7.22. The Morgan fingerprint density at radius 3 is 2.50 bits per heavy atom. The maximum atomic E-state index is 13.9. The van der Waals surface area contributed by atoms with E-state index >= 15 is 0 Å². The summed E-state index contributed by atoms with van der Waals surface area (Å²) in [5.41, 5.74) is 0.245. The van der Waals surface area contributed by atoms with Gasteiger partial charge in [-0.1, -0.05) is 6.07 Å². The average Bonchev–Trinajstić information content (AvgIpc) is 2.75. The van der Waals surface area contributed by atoms with Crippen molar-refractivity contribution in [1.82, 2.24) is 9.21 Å².